The lowest BCUT2D eigenvalue weighted by Gasteiger charge is -2.31. The molecule has 2 saturated carbocycles. The Bertz CT molecular complexity index is 876. The molecule has 4 rings (SSSR count). The monoisotopic (exact) mass is 373 g/mol. The van der Waals surface area contributed by atoms with Crippen LogP contribution in [-0.4, -0.2) is 31.6 Å². The van der Waals surface area contributed by atoms with Crippen LogP contribution in [-0.2, 0) is 14.8 Å². The molecule has 2 atom stereocenters. The van der Waals surface area contributed by atoms with E-state index in [0.717, 1.165) is 36.8 Å². The quantitative estimate of drug-likeness (QED) is 0.756. The van der Waals surface area contributed by atoms with Gasteiger partial charge in [-0.1, -0.05) is 32.9 Å². The Kier molecular flexibility index (Phi) is 3.98. The molecule has 4 nitrogen and oxygen atoms in total. The summed E-state index contributed by atoms with van der Waals surface area (Å²) in [5.74, 6) is 0.570. The number of carbonyl (C=O) groups is 1. The van der Waals surface area contributed by atoms with Gasteiger partial charge in [0.25, 0.3) is 0 Å². The van der Waals surface area contributed by atoms with Crippen molar-refractivity contribution in [1.29, 1.82) is 0 Å². The van der Waals surface area contributed by atoms with Gasteiger partial charge in [-0.3, -0.25) is 4.79 Å². The van der Waals surface area contributed by atoms with Gasteiger partial charge in [0.05, 0.1) is 4.90 Å². The number of benzene rings is 1. The molecule has 0 spiro atoms. The Morgan fingerprint density at radius 3 is 2.23 bits per heavy atom. The summed E-state index contributed by atoms with van der Waals surface area (Å²) in [6, 6.07) is 6.99. The molecule has 140 valence electrons. The molecule has 0 N–H and O–H groups in total. The van der Waals surface area contributed by atoms with Gasteiger partial charge in [-0.2, -0.15) is 4.31 Å². The molecule has 1 aromatic carbocycles. The second-order valence-corrected chi connectivity index (χ2v) is 10.7. The first-order valence-corrected chi connectivity index (χ1v) is 11.0. The second-order valence-electron chi connectivity index (χ2n) is 8.75. The Morgan fingerprint density at radius 1 is 1.08 bits per heavy atom. The third-order valence-corrected chi connectivity index (χ3v) is 9.18. The molecule has 1 aromatic rings. The van der Waals surface area contributed by atoms with Crippen LogP contribution in [0.1, 0.15) is 52.0 Å². The van der Waals surface area contributed by atoms with Crippen LogP contribution in [0.5, 0.6) is 0 Å². The maximum atomic E-state index is 12.9. The van der Waals surface area contributed by atoms with E-state index in [2.05, 4.69) is 20.8 Å². The average molecular weight is 374 g/mol. The Balaban J connectivity index is 1.63. The predicted molar refractivity (Wildman–Crippen MR) is 102 cm³/mol. The minimum absolute atomic E-state index is 0.00501. The Hall–Kier alpha value is -1.46. The lowest BCUT2D eigenvalue weighted by Crippen LogP contribution is -2.32. The van der Waals surface area contributed by atoms with E-state index in [1.165, 1.54) is 0 Å². The van der Waals surface area contributed by atoms with E-state index in [-0.39, 0.29) is 16.6 Å². The van der Waals surface area contributed by atoms with Crippen LogP contribution >= 0.6 is 0 Å². The molecule has 0 unspecified atom stereocenters. The number of sulfonamides is 1. The molecule has 26 heavy (non-hydrogen) atoms. The third-order valence-electron chi connectivity index (χ3n) is 7.27. The molecule has 1 saturated heterocycles. The predicted octanol–water partition coefficient (Wildman–Crippen LogP) is 3.88. The van der Waals surface area contributed by atoms with E-state index in [1.807, 2.05) is 18.2 Å². The van der Waals surface area contributed by atoms with Gasteiger partial charge in [-0.25, -0.2) is 8.42 Å². The molecule has 1 aliphatic heterocycles. The first-order chi connectivity index (χ1) is 12.2. The lowest BCUT2D eigenvalue weighted by atomic mass is 9.70. The molecule has 1 heterocycles. The zero-order chi connectivity index (χ0) is 18.7. The molecular formula is C21H27NO3S. The normalized spacial score (nSPS) is 32.7. The van der Waals surface area contributed by atoms with Gasteiger partial charge in [0.2, 0.25) is 10.0 Å². The van der Waals surface area contributed by atoms with Crippen LogP contribution in [0.15, 0.2) is 34.7 Å². The molecule has 3 aliphatic rings. The summed E-state index contributed by atoms with van der Waals surface area (Å²) in [6.45, 7) is 7.72. The largest absolute Gasteiger partial charge is 0.294 e. The smallest absolute Gasteiger partial charge is 0.243 e. The number of allylic oxidation sites excluding steroid dienone is 1. The number of carbonyl (C=O) groups excluding carboxylic acids is 1. The zero-order valence-electron chi connectivity index (χ0n) is 15.8. The maximum Gasteiger partial charge on any atom is 0.243 e. The number of hydrogen-bond acceptors (Lipinski definition) is 3. The molecular weight excluding hydrogens is 346 g/mol. The molecule has 0 aromatic heterocycles. The maximum absolute atomic E-state index is 12.9. The summed E-state index contributed by atoms with van der Waals surface area (Å²) >= 11 is 0. The summed E-state index contributed by atoms with van der Waals surface area (Å²) in [5, 5.41) is 0. The van der Waals surface area contributed by atoms with Crippen LogP contribution in [0.3, 0.4) is 0 Å². The van der Waals surface area contributed by atoms with Crippen molar-refractivity contribution in [3.63, 3.8) is 0 Å². The van der Waals surface area contributed by atoms with Crippen molar-refractivity contribution in [3.8, 4) is 0 Å². The standard InChI is InChI=1S/C21H27NO3S/c1-20(2)18-10-11-21(20,3)19(23)17(18)14-15-6-8-16(9-7-15)26(24,25)22-12-4-5-13-22/h6-9,14,18H,4-5,10-13H2,1-3H3/b17-14+/t18-,21+/m0/s1. The SMILES string of the molecule is CC1(C)[C@H]2CC[C@]1(C)C(=O)/C2=C/c1ccc(S(=O)(=O)N2CCCC2)cc1. The minimum Gasteiger partial charge on any atom is -0.294 e. The topological polar surface area (TPSA) is 54.5 Å². The van der Waals surface area contributed by atoms with Crippen molar-refractivity contribution in [1.82, 2.24) is 4.31 Å². The van der Waals surface area contributed by atoms with Gasteiger partial charge in [-0.05, 0) is 66.4 Å². The van der Waals surface area contributed by atoms with Gasteiger partial charge in [0.15, 0.2) is 5.78 Å². The number of ketones is 1. The lowest BCUT2D eigenvalue weighted by molar-refractivity contribution is -0.125. The highest BCUT2D eigenvalue weighted by Gasteiger charge is 2.63. The fourth-order valence-electron chi connectivity index (χ4n) is 5.09. The van der Waals surface area contributed by atoms with Crippen LogP contribution in [0, 0.1) is 16.7 Å². The highest BCUT2D eigenvalue weighted by molar-refractivity contribution is 7.89. The van der Waals surface area contributed by atoms with Crippen LogP contribution in [0.25, 0.3) is 6.08 Å². The first kappa shape index (κ1) is 17.9. The summed E-state index contributed by atoms with van der Waals surface area (Å²) in [4.78, 5) is 13.3. The number of rotatable bonds is 3. The third kappa shape index (κ3) is 2.36. The molecule has 2 bridgehead atoms. The summed E-state index contributed by atoms with van der Waals surface area (Å²) in [6.07, 6.45) is 5.87. The zero-order valence-corrected chi connectivity index (χ0v) is 16.6. The number of hydrogen-bond donors (Lipinski definition) is 0. The molecule has 0 amide bonds. The van der Waals surface area contributed by atoms with Gasteiger partial charge < -0.3 is 0 Å². The Morgan fingerprint density at radius 2 is 1.69 bits per heavy atom. The molecule has 3 fully saturated rings. The van der Waals surface area contributed by atoms with E-state index in [0.29, 0.717) is 23.9 Å². The van der Waals surface area contributed by atoms with Crippen LogP contribution < -0.4 is 0 Å². The highest BCUT2D eigenvalue weighted by atomic mass is 32.2. The van der Waals surface area contributed by atoms with Crippen molar-refractivity contribution >= 4 is 21.9 Å². The van der Waals surface area contributed by atoms with E-state index in [9.17, 15) is 13.2 Å². The van der Waals surface area contributed by atoms with Crippen molar-refractivity contribution in [2.75, 3.05) is 13.1 Å². The van der Waals surface area contributed by atoms with E-state index in [4.69, 9.17) is 0 Å². The molecule has 0 radical (unpaired) electrons. The molecule has 2 aliphatic carbocycles. The van der Waals surface area contributed by atoms with Gasteiger partial charge in [-0.15, -0.1) is 0 Å². The average Bonchev–Trinajstić information content (AvgIpc) is 3.24. The first-order valence-electron chi connectivity index (χ1n) is 9.54. The van der Waals surface area contributed by atoms with E-state index in [1.54, 1.807) is 16.4 Å². The van der Waals surface area contributed by atoms with Crippen molar-refractivity contribution in [2.45, 2.75) is 51.3 Å². The number of fused-ring (bicyclic) bond motifs is 2. The van der Waals surface area contributed by atoms with Crippen molar-refractivity contribution in [3.05, 3.63) is 35.4 Å². The van der Waals surface area contributed by atoms with Gasteiger partial charge in [0, 0.05) is 18.5 Å². The Labute approximate surface area is 156 Å². The number of Topliss-reactive ketones (excluding diaryl/α,β-unsaturated/α-hetero) is 1. The molecule has 5 heteroatoms. The second kappa shape index (κ2) is 5.77. The summed E-state index contributed by atoms with van der Waals surface area (Å²) in [7, 11) is -3.38. The summed E-state index contributed by atoms with van der Waals surface area (Å²) in [5.41, 5.74) is 1.55. The fraction of sp³-hybridized carbons (Fsp3) is 0.571. The number of nitrogens with zero attached hydrogens (tertiary/aromatic N) is 1. The van der Waals surface area contributed by atoms with Gasteiger partial charge in [0.1, 0.15) is 0 Å². The van der Waals surface area contributed by atoms with E-state index < -0.39 is 10.0 Å². The van der Waals surface area contributed by atoms with E-state index >= 15 is 0 Å². The summed E-state index contributed by atoms with van der Waals surface area (Å²) < 4.78 is 26.8. The fourth-order valence-corrected chi connectivity index (χ4v) is 6.60. The van der Waals surface area contributed by atoms with Crippen LogP contribution in [0.2, 0.25) is 0 Å². The van der Waals surface area contributed by atoms with Gasteiger partial charge >= 0.3 is 0 Å². The van der Waals surface area contributed by atoms with Crippen molar-refractivity contribution < 1.29 is 13.2 Å². The van der Waals surface area contributed by atoms with Crippen LogP contribution in [0.4, 0.5) is 0 Å². The highest BCUT2D eigenvalue weighted by Crippen LogP contribution is 2.65. The van der Waals surface area contributed by atoms with Crippen molar-refractivity contribution in [2.24, 2.45) is 16.7 Å². The minimum atomic E-state index is -3.38.